The molecule has 2 aromatic carbocycles. The van der Waals surface area contributed by atoms with E-state index in [1.54, 1.807) is 39.5 Å². The van der Waals surface area contributed by atoms with Crippen LogP contribution in [-0.4, -0.2) is 27.2 Å². The van der Waals surface area contributed by atoms with Crippen LogP contribution in [0.2, 0.25) is 0 Å². The summed E-state index contributed by atoms with van der Waals surface area (Å²) < 4.78 is 21.9. The topological polar surface area (TPSA) is 69.9 Å². The van der Waals surface area contributed by atoms with Gasteiger partial charge in [-0.25, -0.2) is 0 Å². The van der Waals surface area contributed by atoms with Crippen molar-refractivity contribution in [1.82, 2.24) is 5.32 Å². The minimum atomic E-state index is -0.280. The van der Waals surface area contributed by atoms with E-state index in [1.165, 1.54) is 22.3 Å². The molecule has 0 radical (unpaired) electrons. The van der Waals surface area contributed by atoms with Gasteiger partial charge in [-0.15, -0.1) is 0 Å². The van der Waals surface area contributed by atoms with Gasteiger partial charge in [0.05, 0.1) is 21.3 Å². The van der Waals surface area contributed by atoms with Gasteiger partial charge in [0.2, 0.25) is 5.75 Å². The van der Waals surface area contributed by atoms with Crippen LogP contribution in [0.3, 0.4) is 0 Å². The lowest BCUT2D eigenvalue weighted by molar-refractivity contribution is 0.0921. The van der Waals surface area contributed by atoms with Gasteiger partial charge in [0, 0.05) is 13.0 Å². The van der Waals surface area contributed by atoms with Crippen LogP contribution < -0.4 is 19.5 Å². The van der Waals surface area contributed by atoms with Crippen molar-refractivity contribution in [3.8, 4) is 17.2 Å². The van der Waals surface area contributed by atoms with Crippen LogP contribution in [-0.2, 0) is 13.0 Å². The first-order valence-electron chi connectivity index (χ1n) is 10.1. The number of rotatable bonds is 8. The Morgan fingerprint density at radius 1 is 0.903 bits per heavy atom. The first-order chi connectivity index (χ1) is 14.9. The summed E-state index contributed by atoms with van der Waals surface area (Å²) in [5.41, 5.74) is 5.74. The largest absolute Gasteiger partial charge is 0.493 e. The van der Waals surface area contributed by atoms with Crippen LogP contribution >= 0.6 is 0 Å². The number of methoxy groups -OCH3 is 3. The van der Waals surface area contributed by atoms with Crippen LogP contribution in [0.4, 0.5) is 0 Å². The highest BCUT2D eigenvalue weighted by Crippen LogP contribution is 2.38. The normalized spacial score (nSPS) is 10.6. The zero-order chi connectivity index (χ0) is 22.5. The molecule has 0 saturated heterocycles. The number of aryl methyl sites for hydroxylation is 3. The molecule has 0 spiro atoms. The molecule has 0 saturated carbocycles. The van der Waals surface area contributed by atoms with Crippen LogP contribution in [0.15, 0.2) is 40.8 Å². The van der Waals surface area contributed by atoms with Crippen molar-refractivity contribution in [2.75, 3.05) is 21.3 Å². The van der Waals surface area contributed by atoms with Gasteiger partial charge in [-0.1, -0.05) is 17.7 Å². The molecule has 164 valence electrons. The van der Waals surface area contributed by atoms with Gasteiger partial charge in [0.1, 0.15) is 5.76 Å². The second kappa shape index (κ2) is 9.60. The van der Waals surface area contributed by atoms with E-state index in [4.69, 9.17) is 18.6 Å². The van der Waals surface area contributed by atoms with Gasteiger partial charge >= 0.3 is 0 Å². The molecule has 3 rings (SSSR count). The smallest absolute Gasteiger partial charge is 0.287 e. The third-order valence-electron chi connectivity index (χ3n) is 5.25. The first-order valence-corrected chi connectivity index (χ1v) is 10.1. The highest BCUT2D eigenvalue weighted by atomic mass is 16.5. The van der Waals surface area contributed by atoms with E-state index in [2.05, 4.69) is 38.2 Å². The average Bonchev–Trinajstić information content (AvgIpc) is 3.22. The van der Waals surface area contributed by atoms with Crippen molar-refractivity contribution in [3.05, 3.63) is 75.7 Å². The van der Waals surface area contributed by atoms with E-state index in [0.717, 1.165) is 11.3 Å². The monoisotopic (exact) mass is 423 g/mol. The van der Waals surface area contributed by atoms with Crippen molar-refractivity contribution in [2.24, 2.45) is 0 Å². The Hall–Kier alpha value is -3.41. The van der Waals surface area contributed by atoms with Gasteiger partial charge in [-0.3, -0.25) is 4.79 Å². The molecule has 0 aliphatic heterocycles. The molecule has 0 aliphatic rings. The molecular weight excluding hydrogens is 394 g/mol. The van der Waals surface area contributed by atoms with E-state index < -0.39 is 0 Å². The Balaban J connectivity index is 1.70. The molecule has 0 fully saturated rings. The SMILES string of the molecule is COc1cc(CNC(=O)c2ccc(Cc3c(C)cc(C)cc3C)o2)cc(OC)c1OC. The van der Waals surface area contributed by atoms with Gasteiger partial charge in [0.25, 0.3) is 5.91 Å². The quantitative estimate of drug-likeness (QED) is 0.566. The van der Waals surface area contributed by atoms with Crippen molar-refractivity contribution < 1.29 is 23.4 Å². The Bertz CT molecular complexity index is 1040. The van der Waals surface area contributed by atoms with Crippen molar-refractivity contribution >= 4 is 5.91 Å². The van der Waals surface area contributed by atoms with E-state index in [-0.39, 0.29) is 11.7 Å². The Morgan fingerprint density at radius 3 is 2.06 bits per heavy atom. The number of amides is 1. The molecule has 1 N–H and O–H groups in total. The number of hydrogen-bond acceptors (Lipinski definition) is 5. The second-order valence-electron chi connectivity index (χ2n) is 7.54. The third-order valence-corrected chi connectivity index (χ3v) is 5.25. The number of carbonyl (C=O) groups is 1. The predicted octanol–water partition coefficient (Wildman–Crippen LogP) is 4.75. The predicted molar refractivity (Wildman–Crippen MR) is 119 cm³/mol. The summed E-state index contributed by atoms with van der Waals surface area (Å²) in [4.78, 5) is 12.6. The molecule has 0 bridgehead atoms. The lowest BCUT2D eigenvalue weighted by atomic mass is 9.97. The summed E-state index contributed by atoms with van der Waals surface area (Å²) in [5, 5.41) is 2.88. The van der Waals surface area contributed by atoms with Crippen molar-refractivity contribution in [1.29, 1.82) is 0 Å². The standard InChI is InChI=1S/C25H29NO5/c1-15-9-16(2)20(17(3)10-15)13-19-7-8-21(31-19)25(27)26-14-18-11-22(28-4)24(30-6)23(12-18)29-5/h7-12H,13-14H2,1-6H3,(H,26,27). The fourth-order valence-electron chi connectivity index (χ4n) is 3.76. The highest BCUT2D eigenvalue weighted by Gasteiger charge is 2.16. The number of carbonyl (C=O) groups excluding carboxylic acids is 1. The van der Waals surface area contributed by atoms with E-state index in [9.17, 15) is 4.79 Å². The van der Waals surface area contributed by atoms with E-state index in [1.807, 2.05) is 6.07 Å². The number of benzene rings is 2. The van der Waals surface area contributed by atoms with Crippen LogP contribution in [0.25, 0.3) is 0 Å². The number of furan rings is 1. The fraction of sp³-hybridized carbons (Fsp3) is 0.320. The highest BCUT2D eigenvalue weighted by molar-refractivity contribution is 5.91. The molecule has 1 heterocycles. The van der Waals surface area contributed by atoms with Gasteiger partial charge < -0.3 is 23.9 Å². The lowest BCUT2D eigenvalue weighted by Crippen LogP contribution is -2.22. The molecule has 6 heteroatoms. The molecule has 0 aliphatic carbocycles. The Labute approximate surface area is 183 Å². The number of nitrogens with one attached hydrogen (secondary N) is 1. The zero-order valence-electron chi connectivity index (χ0n) is 18.9. The molecule has 3 aromatic rings. The summed E-state index contributed by atoms with van der Waals surface area (Å²) >= 11 is 0. The molecule has 1 amide bonds. The van der Waals surface area contributed by atoms with Gasteiger partial charge in [0.15, 0.2) is 17.3 Å². The van der Waals surface area contributed by atoms with Crippen molar-refractivity contribution in [3.63, 3.8) is 0 Å². The third kappa shape index (κ3) is 5.02. The lowest BCUT2D eigenvalue weighted by Gasteiger charge is -2.14. The average molecular weight is 424 g/mol. The molecule has 6 nitrogen and oxygen atoms in total. The fourth-order valence-corrected chi connectivity index (χ4v) is 3.76. The molecular formula is C25H29NO5. The van der Waals surface area contributed by atoms with Crippen LogP contribution in [0.5, 0.6) is 17.2 Å². The van der Waals surface area contributed by atoms with Crippen molar-refractivity contribution in [2.45, 2.75) is 33.7 Å². The van der Waals surface area contributed by atoms with Gasteiger partial charge in [-0.2, -0.15) is 0 Å². The van der Waals surface area contributed by atoms with Crippen LogP contribution in [0.1, 0.15) is 44.1 Å². The zero-order valence-corrected chi connectivity index (χ0v) is 18.9. The summed E-state index contributed by atoms with van der Waals surface area (Å²) in [6.07, 6.45) is 0.651. The minimum Gasteiger partial charge on any atom is -0.493 e. The summed E-state index contributed by atoms with van der Waals surface area (Å²) in [6.45, 7) is 6.58. The molecule has 1 aromatic heterocycles. The van der Waals surface area contributed by atoms with Crippen LogP contribution in [0, 0.1) is 20.8 Å². The maximum Gasteiger partial charge on any atom is 0.287 e. The molecule has 31 heavy (non-hydrogen) atoms. The number of ether oxygens (including phenoxy) is 3. The number of hydrogen-bond donors (Lipinski definition) is 1. The summed E-state index contributed by atoms with van der Waals surface area (Å²) in [5.74, 6) is 2.35. The Morgan fingerprint density at radius 2 is 1.52 bits per heavy atom. The maximum atomic E-state index is 12.6. The van der Waals surface area contributed by atoms with E-state index >= 15 is 0 Å². The summed E-state index contributed by atoms with van der Waals surface area (Å²) in [7, 11) is 4.67. The van der Waals surface area contributed by atoms with E-state index in [0.29, 0.717) is 30.2 Å². The Kier molecular flexibility index (Phi) is 6.90. The van der Waals surface area contributed by atoms with Gasteiger partial charge in [-0.05, 0) is 67.3 Å². The minimum absolute atomic E-state index is 0.280. The maximum absolute atomic E-state index is 12.6. The molecule has 0 atom stereocenters. The first kappa shape index (κ1) is 22.3. The molecule has 0 unspecified atom stereocenters. The summed E-state index contributed by atoms with van der Waals surface area (Å²) in [6, 6.07) is 11.5. The second-order valence-corrected chi connectivity index (χ2v) is 7.54.